The monoisotopic (exact) mass is 422 g/mol. The fourth-order valence-corrected chi connectivity index (χ4v) is 5.41. The number of dihydropyridines is 1. The van der Waals surface area contributed by atoms with E-state index in [0.29, 0.717) is 23.5 Å². The lowest BCUT2D eigenvalue weighted by molar-refractivity contribution is -0.128. The highest BCUT2D eigenvalue weighted by Crippen LogP contribution is 2.48. The molecule has 1 saturated heterocycles. The van der Waals surface area contributed by atoms with E-state index in [9.17, 15) is 9.59 Å². The van der Waals surface area contributed by atoms with Gasteiger partial charge in [0.15, 0.2) is 17.3 Å². The number of likely N-dealkylation sites (tertiary alicyclic amines) is 1. The maximum absolute atomic E-state index is 13.7. The summed E-state index contributed by atoms with van der Waals surface area (Å²) in [4.78, 5) is 29.1. The molecule has 3 heterocycles. The van der Waals surface area contributed by atoms with E-state index < -0.39 is 0 Å². The van der Waals surface area contributed by atoms with Gasteiger partial charge in [-0.05, 0) is 55.7 Å². The third kappa shape index (κ3) is 3.52. The van der Waals surface area contributed by atoms with Crippen LogP contribution in [0.1, 0.15) is 64.4 Å². The van der Waals surface area contributed by atoms with Crippen molar-refractivity contribution in [1.29, 1.82) is 0 Å². The molecule has 6 heteroatoms. The summed E-state index contributed by atoms with van der Waals surface area (Å²) < 4.78 is 11.1. The summed E-state index contributed by atoms with van der Waals surface area (Å²) in [6.07, 6.45) is 4.49. The van der Waals surface area contributed by atoms with Crippen LogP contribution in [0.3, 0.4) is 0 Å². The second-order valence-corrected chi connectivity index (χ2v) is 9.90. The van der Waals surface area contributed by atoms with Crippen LogP contribution in [0.4, 0.5) is 0 Å². The predicted octanol–water partition coefficient (Wildman–Crippen LogP) is 4.03. The number of ketones is 1. The zero-order valence-corrected chi connectivity index (χ0v) is 18.5. The summed E-state index contributed by atoms with van der Waals surface area (Å²) >= 11 is 0. The van der Waals surface area contributed by atoms with Gasteiger partial charge in [0.25, 0.3) is 5.91 Å². The number of amides is 1. The molecule has 0 aromatic heterocycles. The molecule has 31 heavy (non-hydrogen) atoms. The number of allylic oxidation sites excluding steroid dienone is 3. The third-order valence-corrected chi connectivity index (χ3v) is 6.84. The molecule has 4 aliphatic rings. The fourth-order valence-electron chi connectivity index (χ4n) is 5.41. The molecule has 1 amide bonds. The second-order valence-electron chi connectivity index (χ2n) is 9.90. The van der Waals surface area contributed by atoms with E-state index >= 15 is 0 Å². The van der Waals surface area contributed by atoms with Gasteiger partial charge in [0, 0.05) is 48.0 Å². The highest BCUT2D eigenvalue weighted by atomic mass is 16.7. The number of hydrogen-bond acceptors (Lipinski definition) is 5. The van der Waals surface area contributed by atoms with E-state index in [1.807, 2.05) is 30.0 Å². The van der Waals surface area contributed by atoms with Crippen LogP contribution in [0.2, 0.25) is 0 Å². The Bertz CT molecular complexity index is 1010. The first kappa shape index (κ1) is 20.2. The molecule has 1 aromatic carbocycles. The van der Waals surface area contributed by atoms with Gasteiger partial charge in [-0.2, -0.15) is 0 Å². The molecule has 1 atom stereocenters. The van der Waals surface area contributed by atoms with Crippen LogP contribution in [0.25, 0.3) is 0 Å². The lowest BCUT2D eigenvalue weighted by Gasteiger charge is -2.41. The maximum Gasteiger partial charge on any atom is 0.252 e. The summed E-state index contributed by atoms with van der Waals surface area (Å²) in [7, 11) is 0. The largest absolute Gasteiger partial charge is 0.454 e. The Morgan fingerprint density at radius 1 is 1.10 bits per heavy atom. The standard InChI is InChI=1S/C25H30N2O4/c1-15-21(24(29)27-9-5-4-6-10-27)22(16-7-8-19-20(11-16)31-14-30-19)23-17(26-15)12-25(2,3)13-18(23)28/h7-8,11,22,26H,4-6,9-10,12-14H2,1-3H3/t22-/m0/s1. The van der Waals surface area contributed by atoms with Gasteiger partial charge in [-0.15, -0.1) is 0 Å². The molecule has 1 fully saturated rings. The molecule has 0 saturated carbocycles. The van der Waals surface area contributed by atoms with Gasteiger partial charge in [-0.25, -0.2) is 0 Å². The maximum atomic E-state index is 13.7. The van der Waals surface area contributed by atoms with Crippen LogP contribution in [0, 0.1) is 5.41 Å². The van der Waals surface area contributed by atoms with Gasteiger partial charge in [0.2, 0.25) is 6.79 Å². The van der Waals surface area contributed by atoms with E-state index in [4.69, 9.17) is 9.47 Å². The molecular weight excluding hydrogens is 392 g/mol. The lowest BCUT2D eigenvalue weighted by Crippen LogP contribution is -2.43. The summed E-state index contributed by atoms with van der Waals surface area (Å²) in [6.45, 7) is 7.96. The van der Waals surface area contributed by atoms with E-state index in [1.165, 1.54) is 0 Å². The Morgan fingerprint density at radius 2 is 1.84 bits per heavy atom. The Morgan fingerprint density at radius 3 is 2.61 bits per heavy atom. The second kappa shape index (κ2) is 7.43. The van der Waals surface area contributed by atoms with Crippen molar-refractivity contribution in [2.24, 2.45) is 5.41 Å². The summed E-state index contributed by atoms with van der Waals surface area (Å²) in [5.74, 6) is 1.15. The molecule has 1 aliphatic carbocycles. The van der Waals surface area contributed by atoms with Crippen molar-refractivity contribution in [3.8, 4) is 11.5 Å². The lowest BCUT2D eigenvalue weighted by atomic mass is 9.68. The molecule has 0 unspecified atom stereocenters. The summed E-state index contributed by atoms with van der Waals surface area (Å²) in [5, 5.41) is 3.46. The van der Waals surface area contributed by atoms with E-state index in [-0.39, 0.29) is 29.8 Å². The average Bonchev–Trinajstić information content (AvgIpc) is 3.20. The van der Waals surface area contributed by atoms with Crippen LogP contribution in [-0.2, 0) is 9.59 Å². The molecular formula is C25H30N2O4. The number of rotatable bonds is 2. The van der Waals surface area contributed by atoms with Crippen molar-refractivity contribution in [2.75, 3.05) is 19.9 Å². The first-order chi connectivity index (χ1) is 14.8. The zero-order chi connectivity index (χ0) is 21.8. The van der Waals surface area contributed by atoms with Crippen molar-refractivity contribution < 1.29 is 19.1 Å². The molecule has 0 bridgehead atoms. The highest BCUT2D eigenvalue weighted by Gasteiger charge is 2.43. The number of fused-ring (bicyclic) bond motifs is 1. The minimum absolute atomic E-state index is 0.0385. The normalized spacial score (nSPS) is 24.8. The smallest absolute Gasteiger partial charge is 0.252 e. The molecule has 3 aliphatic heterocycles. The van der Waals surface area contributed by atoms with E-state index in [1.54, 1.807) is 0 Å². The number of carbonyl (C=O) groups excluding carboxylic acids is 2. The van der Waals surface area contributed by atoms with Crippen molar-refractivity contribution in [1.82, 2.24) is 10.2 Å². The van der Waals surface area contributed by atoms with Crippen LogP contribution in [0.15, 0.2) is 40.7 Å². The highest BCUT2D eigenvalue weighted by molar-refractivity contribution is 6.05. The average molecular weight is 423 g/mol. The van der Waals surface area contributed by atoms with Crippen LogP contribution in [-0.4, -0.2) is 36.5 Å². The van der Waals surface area contributed by atoms with Crippen LogP contribution in [0.5, 0.6) is 11.5 Å². The van der Waals surface area contributed by atoms with E-state index in [0.717, 1.165) is 61.3 Å². The van der Waals surface area contributed by atoms with Crippen molar-refractivity contribution in [2.45, 2.75) is 58.8 Å². The van der Waals surface area contributed by atoms with Crippen LogP contribution >= 0.6 is 0 Å². The quantitative estimate of drug-likeness (QED) is 0.779. The number of benzene rings is 1. The zero-order valence-electron chi connectivity index (χ0n) is 18.5. The minimum Gasteiger partial charge on any atom is -0.454 e. The number of ether oxygens (including phenoxy) is 2. The minimum atomic E-state index is -0.385. The molecule has 1 aromatic rings. The molecule has 1 N–H and O–H groups in total. The Labute approximate surface area is 183 Å². The van der Waals surface area contributed by atoms with Gasteiger partial charge in [0.05, 0.1) is 0 Å². The van der Waals surface area contributed by atoms with Gasteiger partial charge in [-0.3, -0.25) is 9.59 Å². The Hall–Kier alpha value is -2.76. The van der Waals surface area contributed by atoms with Gasteiger partial charge < -0.3 is 19.7 Å². The molecule has 164 valence electrons. The number of piperidine rings is 1. The number of hydrogen-bond donors (Lipinski definition) is 1. The van der Waals surface area contributed by atoms with Crippen LogP contribution < -0.4 is 14.8 Å². The molecule has 0 spiro atoms. The van der Waals surface area contributed by atoms with Crippen molar-refractivity contribution >= 4 is 11.7 Å². The third-order valence-electron chi connectivity index (χ3n) is 6.84. The fraction of sp³-hybridized carbons (Fsp3) is 0.520. The van der Waals surface area contributed by atoms with Gasteiger partial charge in [0.1, 0.15) is 0 Å². The Balaban J connectivity index is 1.63. The molecule has 6 nitrogen and oxygen atoms in total. The summed E-state index contributed by atoms with van der Waals surface area (Å²) in [6, 6.07) is 5.79. The topological polar surface area (TPSA) is 67.9 Å². The number of nitrogens with zero attached hydrogens (tertiary/aromatic N) is 1. The molecule has 5 rings (SSSR count). The van der Waals surface area contributed by atoms with Crippen molar-refractivity contribution in [3.05, 3.63) is 46.3 Å². The first-order valence-corrected chi connectivity index (χ1v) is 11.3. The van der Waals surface area contributed by atoms with Gasteiger partial charge in [-0.1, -0.05) is 19.9 Å². The SMILES string of the molecule is CC1=C(C(=O)N2CCCCC2)[C@H](c2ccc3c(c2)OCO3)C2=C(CC(C)(C)CC2=O)N1. The van der Waals surface area contributed by atoms with Gasteiger partial charge >= 0.3 is 0 Å². The number of nitrogens with one attached hydrogen (secondary N) is 1. The summed E-state index contributed by atoms with van der Waals surface area (Å²) in [5.41, 5.74) is 4.04. The Kier molecular flexibility index (Phi) is 4.83. The van der Waals surface area contributed by atoms with E-state index in [2.05, 4.69) is 19.2 Å². The first-order valence-electron chi connectivity index (χ1n) is 11.3. The van der Waals surface area contributed by atoms with Crippen molar-refractivity contribution in [3.63, 3.8) is 0 Å². The molecule has 0 radical (unpaired) electrons. The number of carbonyl (C=O) groups is 2. The number of Topliss-reactive ketones (excluding diaryl/α,β-unsaturated/α-hetero) is 1. The predicted molar refractivity (Wildman–Crippen MR) is 117 cm³/mol.